The molecule has 3 aromatic carbocycles. The van der Waals surface area contributed by atoms with Crippen molar-refractivity contribution in [3.05, 3.63) is 95.3 Å². The largest absolute Gasteiger partial charge is 0.403 e. The van der Waals surface area contributed by atoms with E-state index >= 15 is 0 Å². The van der Waals surface area contributed by atoms with Gasteiger partial charge in [0.05, 0.1) is 30.2 Å². The first-order valence-electron chi connectivity index (χ1n) is 12.1. The van der Waals surface area contributed by atoms with Crippen LogP contribution in [0.3, 0.4) is 0 Å². The summed E-state index contributed by atoms with van der Waals surface area (Å²) >= 11 is 0. The number of aliphatic imine (C=N–C) groups is 1. The summed E-state index contributed by atoms with van der Waals surface area (Å²) < 4.78 is 26.2. The zero-order valence-corrected chi connectivity index (χ0v) is 19.9. The fourth-order valence-electron chi connectivity index (χ4n) is 4.70. The SMILES string of the molecule is O=C1Cc2ccccc2C(c2ccccc2)=NC1Nc1nnc(-c2cccc(F)c2N2CCOCC2)o1. The van der Waals surface area contributed by atoms with Gasteiger partial charge in [-0.2, -0.15) is 0 Å². The van der Waals surface area contributed by atoms with Crippen LogP contribution in [0.5, 0.6) is 0 Å². The summed E-state index contributed by atoms with van der Waals surface area (Å²) in [5, 5.41) is 11.3. The van der Waals surface area contributed by atoms with Gasteiger partial charge in [-0.3, -0.25) is 9.79 Å². The molecule has 2 aliphatic rings. The average Bonchev–Trinajstić information content (AvgIpc) is 3.35. The second-order valence-electron chi connectivity index (χ2n) is 8.84. The molecule has 0 saturated carbocycles. The molecule has 3 heterocycles. The Balaban J connectivity index is 1.33. The number of hydrogen-bond donors (Lipinski definition) is 1. The number of Topliss-reactive ketones (excluding diaryl/α,β-unsaturated/α-hetero) is 1. The van der Waals surface area contributed by atoms with Crippen LogP contribution >= 0.6 is 0 Å². The van der Waals surface area contributed by atoms with Gasteiger partial charge in [0.1, 0.15) is 5.82 Å². The van der Waals surface area contributed by atoms with Gasteiger partial charge in [-0.15, -0.1) is 5.10 Å². The summed E-state index contributed by atoms with van der Waals surface area (Å²) in [4.78, 5) is 19.9. The van der Waals surface area contributed by atoms with Crippen LogP contribution in [0.25, 0.3) is 11.5 Å². The monoisotopic (exact) mass is 497 g/mol. The molecule has 2 aliphatic heterocycles. The van der Waals surface area contributed by atoms with Crippen molar-refractivity contribution in [2.24, 2.45) is 4.99 Å². The Labute approximate surface area is 212 Å². The topological polar surface area (TPSA) is 92.9 Å². The van der Waals surface area contributed by atoms with Gasteiger partial charge in [-0.25, -0.2) is 4.39 Å². The Morgan fingerprint density at radius 3 is 2.49 bits per heavy atom. The van der Waals surface area contributed by atoms with Crippen LogP contribution in [0.1, 0.15) is 16.7 Å². The number of aromatic nitrogens is 2. The lowest BCUT2D eigenvalue weighted by molar-refractivity contribution is -0.119. The molecule has 1 atom stereocenters. The van der Waals surface area contributed by atoms with Gasteiger partial charge < -0.3 is 19.4 Å². The number of ketones is 1. The van der Waals surface area contributed by atoms with Gasteiger partial charge in [0.15, 0.2) is 11.9 Å². The number of ether oxygens (including phenoxy) is 1. The first-order chi connectivity index (χ1) is 18.2. The maximum Gasteiger partial charge on any atom is 0.317 e. The number of fused-ring (bicyclic) bond motifs is 1. The van der Waals surface area contributed by atoms with Crippen LogP contribution in [0.15, 0.2) is 82.2 Å². The molecule has 186 valence electrons. The Morgan fingerprint density at radius 1 is 0.892 bits per heavy atom. The Morgan fingerprint density at radius 2 is 1.65 bits per heavy atom. The van der Waals surface area contributed by atoms with Crippen LogP contribution in [-0.2, 0) is 16.0 Å². The molecule has 1 N–H and O–H groups in total. The van der Waals surface area contributed by atoms with E-state index in [9.17, 15) is 9.18 Å². The maximum atomic E-state index is 14.9. The third-order valence-corrected chi connectivity index (χ3v) is 6.48. The summed E-state index contributed by atoms with van der Waals surface area (Å²) in [6.07, 6.45) is -0.721. The predicted octanol–water partition coefficient (Wildman–Crippen LogP) is 4.11. The van der Waals surface area contributed by atoms with E-state index < -0.39 is 6.17 Å². The van der Waals surface area contributed by atoms with Gasteiger partial charge >= 0.3 is 6.01 Å². The van der Waals surface area contributed by atoms with E-state index in [0.29, 0.717) is 43.3 Å². The van der Waals surface area contributed by atoms with Crippen molar-refractivity contribution in [3.63, 3.8) is 0 Å². The number of rotatable bonds is 5. The van der Waals surface area contributed by atoms with Crippen LogP contribution < -0.4 is 10.2 Å². The second-order valence-corrected chi connectivity index (χ2v) is 8.84. The molecule has 0 bridgehead atoms. The molecule has 0 spiro atoms. The molecule has 37 heavy (non-hydrogen) atoms. The molecule has 0 aliphatic carbocycles. The summed E-state index contributed by atoms with van der Waals surface area (Å²) in [7, 11) is 0. The van der Waals surface area contributed by atoms with Crippen LogP contribution in [0, 0.1) is 5.82 Å². The molecular weight excluding hydrogens is 473 g/mol. The summed E-state index contributed by atoms with van der Waals surface area (Å²) in [6, 6.07) is 22.3. The lowest BCUT2D eigenvalue weighted by atomic mass is 9.96. The van der Waals surface area contributed by atoms with Gasteiger partial charge in [-0.05, 0) is 17.7 Å². The minimum Gasteiger partial charge on any atom is -0.403 e. The number of halogens is 1. The van der Waals surface area contributed by atoms with Crippen molar-refractivity contribution in [1.82, 2.24) is 10.2 Å². The van der Waals surface area contributed by atoms with E-state index in [1.54, 1.807) is 12.1 Å². The number of nitrogens with zero attached hydrogens (tertiary/aromatic N) is 4. The van der Waals surface area contributed by atoms with E-state index in [4.69, 9.17) is 14.1 Å². The number of nitrogens with one attached hydrogen (secondary N) is 1. The lowest BCUT2D eigenvalue weighted by Crippen LogP contribution is -2.37. The second kappa shape index (κ2) is 9.94. The zero-order chi connectivity index (χ0) is 25.2. The molecule has 1 saturated heterocycles. The zero-order valence-electron chi connectivity index (χ0n) is 19.9. The highest BCUT2D eigenvalue weighted by atomic mass is 19.1. The Hall–Kier alpha value is -4.37. The quantitative estimate of drug-likeness (QED) is 0.444. The minimum absolute atomic E-state index is 0.0349. The fourth-order valence-corrected chi connectivity index (χ4v) is 4.70. The predicted molar refractivity (Wildman–Crippen MR) is 137 cm³/mol. The third-order valence-electron chi connectivity index (χ3n) is 6.48. The van der Waals surface area contributed by atoms with Crippen LogP contribution in [0.4, 0.5) is 16.1 Å². The van der Waals surface area contributed by atoms with Crippen LogP contribution in [-0.4, -0.2) is 54.2 Å². The van der Waals surface area contributed by atoms with Gasteiger partial charge in [0.2, 0.25) is 0 Å². The normalized spacial score (nSPS) is 17.6. The molecule has 4 aromatic rings. The first kappa shape index (κ1) is 23.1. The highest BCUT2D eigenvalue weighted by Gasteiger charge is 2.28. The number of para-hydroxylation sites is 1. The molecule has 1 unspecified atom stereocenters. The molecule has 0 amide bonds. The maximum absolute atomic E-state index is 14.9. The van der Waals surface area contributed by atoms with Crippen LogP contribution in [0.2, 0.25) is 0 Å². The molecule has 6 rings (SSSR count). The first-order valence-corrected chi connectivity index (χ1v) is 12.1. The molecule has 0 radical (unpaired) electrons. The number of carbonyl (C=O) groups excluding carboxylic acids is 1. The Bertz CT molecular complexity index is 1460. The highest BCUT2D eigenvalue weighted by molar-refractivity contribution is 6.16. The number of anilines is 2. The smallest absolute Gasteiger partial charge is 0.317 e. The van der Waals surface area contributed by atoms with Gasteiger partial charge in [0, 0.05) is 30.6 Å². The number of morpholine rings is 1. The molecule has 1 aromatic heterocycles. The van der Waals surface area contributed by atoms with Crippen molar-refractivity contribution in [2.45, 2.75) is 12.6 Å². The van der Waals surface area contributed by atoms with E-state index in [-0.39, 0.29) is 29.9 Å². The van der Waals surface area contributed by atoms with Crippen molar-refractivity contribution in [3.8, 4) is 11.5 Å². The summed E-state index contributed by atoms with van der Waals surface area (Å²) in [5.74, 6) is -0.348. The van der Waals surface area contributed by atoms with Crippen molar-refractivity contribution in [2.75, 3.05) is 36.5 Å². The Kier molecular flexibility index (Phi) is 6.20. The fraction of sp³-hybridized carbons (Fsp3) is 0.214. The van der Waals surface area contributed by atoms with Crippen molar-refractivity contribution in [1.29, 1.82) is 0 Å². The van der Waals surface area contributed by atoms with Gasteiger partial charge in [0.25, 0.3) is 5.89 Å². The molecule has 9 heteroatoms. The van der Waals surface area contributed by atoms with E-state index in [0.717, 1.165) is 16.7 Å². The van der Waals surface area contributed by atoms with Crippen molar-refractivity contribution >= 4 is 23.2 Å². The molecular formula is C28H24FN5O3. The van der Waals surface area contributed by atoms with E-state index in [2.05, 4.69) is 15.5 Å². The highest BCUT2D eigenvalue weighted by Crippen LogP contribution is 2.34. The third kappa shape index (κ3) is 4.61. The van der Waals surface area contributed by atoms with Gasteiger partial charge in [-0.1, -0.05) is 65.8 Å². The average molecular weight is 498 g/mol. The molecule has 1 fully saturated rings. The number of benzene rings is 3. The lowest BCUT2D eigenvalue weighted by Gasteiger charge is -2.30. The summed E-state index contributed by atoms with van der Waals surface area (Å²) in [6.45, 7) is 2.14. The standard InChI is InChI=1S/C28H24FN5O3/c29-22-12-6-11-21(25(22)34-13-15-36-16-14-34)27-32-33-28(37-27)31-26-23(35)17-19-9-4-5-10-20(19)24(30-26)18-7-2-1-3-8-18/h1-12,26H,13-17H2,(H,31,33). The number of hydrogen-bond acceptors (Lipinski definition) is 8. The van der Waals surface area contributed by atoms with E-state index in [1.807, 2.05) is 59.5 Å². The minimum atomic E-state index is -0.929. The summed E-state index contributed by atoms with van der Waals surface area (Å²) in [5.41, 5.74) is 4.30. The van der Waals surface area contributed by atoms with E-state index in [1.165, 1.54) is 6.07 Å². The molecule has 8 nitrogen and oxygen atoms in total. The van der Waals surface area contributed by atoms with Crippen molar-refractivity contribution < 1.29 is 18.3 Å². The number of carbonyl (C=O) groups is 1.